The molecule has 0 saturated carbocycles. The zero-order valence-corrected chi connectivity index (χ0v) is 13.0. The second-order valence-electron chi connectivity index (χ2n) is 5.20. The van der Waals surface area contributed by atoms with E-state index in [1.165, 1.54) is 35.0 Å². The first-order chi connectivity index (χ1) is 8.69. The summed E-state index contributed by atoms with van der Waals surface area (Å²) in [5.41, 5.74) is 2.68. The van der Waals surface area contributed by atoms with Crippen molar-refractivity contribution in [3.63, 3.8) is 0 Å². The summed E-state index contributed by atoms with van der Waals surface area (Å²) in [4.78, 5) is 2.50. The van der Waals surface area contributed by atoms with E-state index < -0.39 is 0 Å². The van der Waals surface area contributed by atoms with Crippen LogP contribution in [0.15, 0.2) is 22.7 Å². The number of nitrogens with zero attached hydrogens (tertiary/aromatic N) is 1. The molecular weight excluding hydrogens is 288 g/mol. The van der Waals surface area contributed by atoms with Crippen molar-refractivity contribution in [1.82, 2.24) is 5.32 Å². The summed E-state index contributed by atoms with van der Waals surface area (Å²) in [6.07, 6.45) is 3.74. The molecule has 1 N–H and O–H groups in total. The van der Waals surface area contributed by atoms with Gasteiger partial charge >= 0.3 is 0 Å². The van der Waals surface area contributed by atoms with Gasteiger partial charge in [0.05, 0.1) is 0 Å². The average molecular weight is 311 g/mol. The zero-order valence-electron chi connectivity index (χ0n) is 11.4. The van der Waals surface area contributed by atoms with E-state index in [-0.39, 0.29) is 0 Å². The number of rotatable bonds is 4. The first-order valence-corrected chi connectivity index (χ1v) is 7.74. The van der Waals surface area contributed by atoms with Crippen LogP contribution in [-0.4, -0.2) is 25.7 Å². The Labute approximate surface area is 119 Å². The minimum absolute atomic E-state index is 0.717. The van der Waals surface area contributed by atoms with E-state index in [1.54, 1.807) is 0 Å². The van der Waals surface area contributed by atoms with E-state index in [2.05, 4.69) is 58.2 Å². The molecule has 2 rings (SSSR count). The molecule has 1 aliphatic rings. The first kappa shape index (κ1) is 13.9. The maximum absolute atomic E-state index is 3.63. The number of piperidine rings is 1. The minimum atomic E-state index is 0.717. The third-order valence-electron chi connectivity index (χ3n) is 3.57. The predicted octanol–water partition coefficient (Wildman–Crippen LogP) is 3.73. The van der Waals surface area contributed by atoms with Gasteiger partial charge in [0.2, 0.25) is 0 Å². The largest absolute Gasteiger partial charge is 0.371 e. The Morgan fingerprint density at radius 2 is 2.00 bits per heavy atom. The van der Waals surface area contributed by atoms with Crippen LogP contribution in [0.1, 0.15) is 31.7 Å². The van der Waals surface area contributed by atoms with Gasteiger partial charge in [0.25, 0.3) is 0 Å². The fraction of sp³-hybridized carbons (Fsp3) is 0.600. The molecule has 2 nitrogen and oxygen atoms in total. The Bertz CT molecular complexity index is 364. The van der Waals surface area contributed by atoms with Gasteiger partial charge in [-0.05, 0) is 56.5 Å². The molecule has 1 aromatic carbocycles. The lowest BCUT2D eigenvalue weighted by atomic mass is 10.0. The van der Waals surface area contributed by atoms with Crippen LogP contribution in [0.2, 0.25) is 0 Å². The number of hydrogen-bond donors (Lipinski definition) is 1. The molecule has 1 saturated heterocycles. The molecule has 0 spiro atoms. The Morgan fingerprint density at radius 1 is 1.28 bits per heavy atom. The van der Waals surface area contributed by atoms with Crippen LogP contribution in [0.3, 0.4) is 0 Å². The van der Waals surface area contributed by atoms with Gasteiger partial charge in [-0.15, -0.1) is 0 Å². The Balaban J connectivity index is 1.92. The van der Waals surface area contributed by atoms with Crippen LogP contribution in [-0.2, 0) is 0 Å². The second-order valence-corrected chi connectivity index (χ2v) is 6.12. The third-order valence-corrected chi connectivity index (χ3v) is 4.03. The summed E-state index contributed by atoms with van der Waals surface area (Å²) in [5.74, 6) is 0. The quantitative estimate of drug-likeness (QED) is 0.911. The molecule has 0 aliphatic carbocycles. The number of hydrogen-bond acceptors (Lipinski definition) is 2. The zero-order chi connectivity index (χ0) is 13.0. The standard InChI is InChI=1S/C15H23BrN2/c1-3-6-17-14-4-7-18(8-5-14)15-10-12(2)9-13(16)11-15/h9-11,14,17H,3-8H2,1-2H3. The highest BCUT2D eigenvalue weighted by molar-refractivity contribution is 9.10. The van der Waals surface area contributed by atoms with Crippen LogP contribution < -0.4 is 10.2 Å². The molecule has 18 heavy (non-hydrogen) atoms. The summed E-state index contributed by atoms with van der Waals surface area (Å²) in [6.45, 7) is 7.87. The molecule has 1 fully saturated rings. The van der Waals surface area contributed by atoms with Gasteiger partial charge in [-0.2, -0.15) is 0 Å². The minimum Gasteiger partial charge on any atom is -0.371 e. The third kappa shape index (κ3) is 3.72. The van der Waals surface area contributed by atoms with Crippen molar-refractivity contribution in [3.8, 4) is 0 Å². The fourth-order valence-corrected chi connectivity index (χ4v) is 3.19. The SMILES string of the molecule is CCCNC1CCN(c2cc(C)cc(Br)c2)CC1. The summed E-state index contributed by atoms with van der Waals surface area (Å²) < 4.78 is 1.18. The molecule has 1 aliphatic heterocycles. The Morgan fingerprint density at radius 3 is 2.61 bits per heavy atom. The van der Waals surface area contributed by atoms with E-state index in [9.17, 15) is 0 Å². The van der Waals surface area contributed by atoms with Crippen molar-refractivity contribution in [2.75, 3.05) is 24.5 Å². The van der Waals surface area contributed by atoms with Crippen molar-refractivity contribution in [3.05, 3.63) is 28.2 Å². The van der Waals surface area contributed by atoms with E-state index in [0.29, 0.717) is 0 Å². The van der Waals surface area contributed by atoms with E-state index in [0.717, 1.165) is 25.7 Å². The van der Waals surface area contributed by atoms with Crippen molar-refractivity contribution in [2.24, 2.45) is 0 Å². The van der Waals surface area contributed by atoms with Gasteiger partial charge < -0.3 is 10.2 Å². The number of aryl methyl sites for hydroxylation is 1. The van der Waals surface area contributed by atoms with E-state index >= 15 is 0 Å². The monoisotopic (exact) mass is 310 g/mol. The normalized spacial score (nSPS) is 17.2. The maximum atomic E-state index is 3.63. The highest BCUT2D eigenvalue weighted by Gasteiger charge is 2.18. The van der Waals surface area contributed by atoms with Gasteiger partial charge in [-0.1, -0.05) is 22.9 Å². The van der Waals surface area contributed by atoms with Crippen molar-refractivity contribution < 1.29 is 0 Å². The predicted molar refractivity (Wildman–Crippen MR) is 82.4 cm³/mol. The maximum Gasteiger partial charge on any atom is 0.0380 e. The molecule has 1 heterocycles. The number of anilines is 1. The highest BCUT2D eigenvalue weighted by atomic mass is 79.9. The lowest BCUT2D eigenvalue weighted by Crippen LogP contribution is -2.42. The highest BCUT2D eigenvalue weighted by Crippen LogP contribution is 2.25. The van der Waals surface area contributed by atoms with Crippen LogP contribution in [0.5, 0.6) is 0 Å². The van der Waals surface area contributed by atoms with Crippen molar-refractivity contribution in [1.29, 1.82) is 0 Å². The van der Waals surface area contributed by atoms with Crippen molar-refractivity contribution in [2.45, 2.75) is 39.2 Å². The lowest BCUT2D eigenvalue weighted by Gasteiger charge is -2.34. The number of benzene rings is 1. The van der Waals surface area contributed by atoms with Crippen LogP contribution in [0.25, 0.3) is 0 Å². The van der Waals surface area contributed by atoms with Gasteiger partial charge in [-0.3, -0.25) is 0 Å². The molecular formula is C15H23BrN2. The van der Waals surface area contributed by atoms with Crippen LogP contribution >= 0.6 is 15.9 Å². The Kier molecular flexibility index (Phi) is 5.07. The molecule has 0 amide bonds. The smallest absolute Gasteiger partial charge is 0.0380 e. The molecule has 0 aromatic heterocycles. The molecule has 0 bridgehead atoms. The van der Waals surface area contributed by atoms with Crippen LogP contribution in [0.4, 0.5) is 5.69 Å². The molecule has 3 heteroatoms. The van der Waals surface area contributed by atoms with Gasteiger partial charge in [0.1, 0.15) is 0 Å². The number of nitrogens with one attached hydrogen (secondary N) is 1. The summed E-state index contributed by atoms with van der Waals surface area (Å²) in [6, 6.07) is 7.39. The first-order valence-electron chi connectivity index (χ1n) is 6.94. The lowest BCUT2D eigenvalue weighted by molar-refractivity contribution is 0.416. The van der Waals surface area contributed by atoms with Gasteiger partial charge in [0, 0.05) is 29.3 Å². The summed E-state index contributed by atoms with van der Waals surface area (Å²) in [5, 5.41) is 3.63. The fourth-order valence-electron chi connectivity index (χ4n) is 2.59. The second kappa shape index (κ2) is 6.58. The van der Waals surface area contributed by atoms with Gasteiger partial charge in [-0.25, -0.2) is 0 Å². The molecule has 0 radical (unpaired) electrons. The number of halogens is 1. The molecule has 0 unspecified atom stereocenters. The summed E-state index contributed by atoms with van der Waals surface area (Å²) >= 11 is 3.59. The molecule has 100 valence electrons. The molecule has 0 atom stereocenters. The Hall–Kier alpha value is -0.540. The van der Waals surface area contributed by atoms with E-state index in [1.807, 2.05) is 0 Å². The molecule has 1 aromatic rings. The van der Waals surface area contributed by atoms with E-state index in [4.69, 9.17) is 0 Å². The van der Waals surface area contributed by atoms with Crippen LogP contribution in [0, 0.1) is 6.92 Å². The topological polar surface area (TPSA) is 15.3 Å². The van der Waals surface area contributed by atoms with Crippen molar-refractivity contribution >= 4 is 21.6 Å². The van der Waals surface area contributed by atoms with Gasteiger partial charge in [0.15, 0.2) is 0 Å². The average Bonchev–Trinajstić information content (AvgIpc) is 2.36. The summed E-state index contributed by atoms with van der Waals surface area (Å²) in [7, 11) is 0.